The molecule has 1 heterocycles. The number of rotatable bonds is 5. The van der Waals surface area contributed by atoms with E-state index in [1.807, 2.05) is 19.0 Å². The van der Waals surface area contributed by atoms with Crippen molar-refractivity contribution in [1.29, 1.82) is 0 Å². The lowest BCUT2D eigenvalue weighted by Crippen LogP contribution is -2.37. The quantitative estimate of drug-likeness (QED) is 0.877. The fraction of sp³-hybridized carbons (Fsp3) is 0.733. The second kappa shape index (κ2) is 7.11. The summed E-state index contributed by atoms with van der Waals surface area (Å²) in [5, 5.41) is 3.89. The van der Waals surface area contributed by atoms with Gasteiger partial charge in [0.05, 0.1) is 0 Å². The van der Waals surface area contributed by atoms with Gasteiger partial charge in [0.1, 0.15) is 10.7 Å². The first-order valence-electron chi connectivity index (χ1n) is 7.75. The number of aromatic nitrogens is 1. The maximum Gasteiger partial charge on any atom is 0.265 e. The molecule has 0 unspecified atom stereocenters. The van der Waals surface area contributed by atoms with Gasteiger partial charge < -0.3 is 16.0 Å². The molecule has 1 aliphatic carbocycles. The van der Waals surface area contributed by atoms with E-state index in [0.29, 0.717) is 10.7 Å². The third-order valence-corrected chi connectivity index (χ3v) is 5.35. The van der Waals surface area contributed by atoms with Crippen molar-refractivity contribution in [3.05, 3.63) is 4.88 Å². The Morgan fingerprint density at radius 2 is 2.05 bits per heavy atom. The van der Waals surface area contributed by atoms with E-state index in [9.17, 15) is 4.79 Å². The van der Waals surface area contributed by atoms with Crippen LogP contribution in [0.3, 0.4) is 0 Å². The number of hydrogen-bond acceptors (Lipinski definition) is 5. The molecule has 0 atom stereocenters. The van der Waals surface area contributed by atoms with Crippen molar-refractivity contribution < 1.29 is 4.79 Å². The third-order valence-electron chi connectivity index (χ3n) is 4.11. The van der Waals surface area contributed by atoms with E-state index in [2.05, 4.69) is 17.2 Å². The fourth-order valence-corrected chi connectivity index (χ4v) is 3.74. The van der Waals surface area contributed by atoms with Gasteiger partial charge in [-0.3, -0.25) is 4.79 Å². The Bertz CT molecular complexity index is 478. The van der Waals surface area contributed by atoms with Gasteiger partial charge in [0.15, 0.2) is 5.13 Å². The second-order valence-corrected chi connectivity index (χ2v) is 7.06. The Morgan fingerprint density at radius 1 is 1.38 bits per heavy atom. The summed E-state index contributed by atoms with van der Waals surface area (Å²) in [5.74, 6) is 1.11. The van der Waals surface area contributed by atoms with Crippen LogP contribution in [0, 0.1) is 5.92 Å². The number of carbonyl (C=O) groups excluding carboxylic acids is 1. The van der Waals surface area contributed by atoms with Gasteiger partial charge in [-0.1, -0.05) is 31.1 Å². The highest BCUT2D eigenvalue weighted by molar-refractivity contribution is 7.18. The van der Waals surface area contributed by atoms with Gasteiger partial charge in [-0.05, 0) is 31.6 Å². The summed E-state index contributed by atoms with van der Waals surface area (Å²) in [6, 6.07) is 0.287. The summed E-state index contributed by atoms with van der Waals surface area (Å²) >= 11 is 1.35. The fourth-order valence-electron chi connectivity index (χ4n) is 2.93. The van der Waals surface area contributed by atoms with Crippen molar-refractivity contribution in [2.45, 2.75) is 51.5 Å². The van der Waals surface area contributed by atoms with Gasteiger partial charge >= 0.3 is 0 Å². The lowest BCUT2D eigenvalue weighted by molar-refractivity contribution is 0.0926. The number of nitrogens with zero attached hydrogens (tertiary/aromatic N) is 2. The van der Waals surface area contributed by atoms with Crippen LogP contribution in [0.5, 0.6) is 0 Å². The highest BCUT2D eigenvalue weighted by Gasteiger charge is 2.24. The summed E-state index contributed by atoms with van der Waals surface area (Å²) in [4.78, 5) is 19.0. The molecule has 1 aromatic rings. The minimum atomic E-state index is -0.0722. The van der Waals surface area contributed by atoms with Crippen LogP contribution in [-0.2, 0) is 0 Å². The molecule has 1 aromatic heterocycles. The summed E-state index contributed by atoms with van der Waals surface area (Å²) < 4.78 is 0. The number of thiazole rings is 1. The molecule has 1 aliphatic rings. The smallest absolute Gasteiger partial charge is 0.265 e. The zero-order valence-corrected chi connectivity index (χ0v) is 14.0. The van der Waals surface area contributed by atoms with Gasteiger partial charge in [0, 0.05) is 20.1 Å². The number of amides is 1. The maximum atomic E-state index is 12.3. The Morgan fingerprint density at radius 3 is 2.57 bits per heavy atom. The molecule has 1 amide bonds. The number of anilines is 2. The molecular weight excluding hydrogens is 284 g/mol. The Kier molecular flexibility index (Phi) is 5.45. The molecule has 0 bridgehead atoms. The van der Waals surface area contributed by atoms with Gasteiger partial charge in [-0.2, -0.15) is 0 Å². The standard InChI is InChI=1S/C15H26N4OS/c1-4-5-10-6-8-11(9-7-10)17-14(20)12-13(16)18-15(21-12)19(2)3/h10-11H,4-9,16H2,1-3H3,(H,17,20). The zero-order chi connectivity index (χ0) is 15.4. The molecule has 2 rings (SSSR count). The monoisotopic (exact) mass is 310 g/mol. The average molecular weight is 310 g/mol. The van der Waals surface area contributed by atoms with Gasteiger partial charge in [-0.15, -0.1) is 0 Å². The Balaban J connectivity index is 1.90. The van der Waals surface area contributed by atoms with Crippen LogP contribution in [-0.4, -0.2) is 31.0 Å². The predicted octanol–water partition coefficient (Wildman–Crippen LogP) is 2.88. The number of carbonyl (C=O) groups is 1. The van der Waals surface area contributed by atoms with Crippen LogP contribution in [0.2, 0.25) is 0 Å². The topological polar surface area (TPSA) is 71.2 Å². The summed E-state index contributed by atoms with van der Waals surface area (Å²) in [5.41, 5.74) is 5.86. The highest BCUT2D eigenvalue weighted by Crippen LogP contribution is 2.30. The highest BCUT2D eigenvalue weighted by atomic mass is 32.1. The normalized spacial score (nSPS) is 22.0. The molecule has 0 aromatic carbocycles. The van der Waals surface area contributed by atoms with Crippen LogP contribution in [0.25, 0.3) is 0 Å². The van der Waals surface area contributed by atoms with E-state index in [1.54, 1.807) is 0 Å². The average Bonchev–Trinajstić information content (AvgIpc) is 2.84. The first-order chi connectivity index (χ1) is 10.0. The van der Waals surface area contributed by atoms with Crippen LogP contribution < -0.4 is 16.0 Å². The third kappa shape index (κ3) is 4.09. The lowest BCUT2D eigenvalue weighted by Gasteiger charge is -2.28. The SMILES string of the molecule is CCCC1CCC(NC(=O)c2sc(N(C)C)nc2N)CC1. The minimum absolute atomic E-state index is 0.0722. The van der Waals surface area contributed by atoms with Crippen molar-refractivity contribution in [3.63, 3.8) is 0 Å². The molecule has 1 fully saturated rings. The molecule has 0 aliphatic heterocycles. The van der Waals surface area contributed by atoms with Crippen molar-refractivity contribution in [3.8, 4) is 0 Å². The molecule has 21 heavy (non-hydrogen) atoms. The van der Waals surface area contributed by atoms with Crippen molar-refractivity contribution in [2.24, 2.45) is 5.92 Å². The zero-order valence-electron chi connectivity index (χ0n) is 13.2. The molecule has 0 spiro atoms. The van der Waals surface area contributed by atoms with Crippen LogP contribution in [0.1, 0.15) is 55.1 Å². The maximum absolute atomic E-state index is 12.3. The van der Waals surface area contributed by atoms with Gasteiger partial charge in [-0.25, -0.2) is 4.98 Å². The van der Waals surface area contributed by atoms with Crippen LogP contribution in [0.4, 0.5) is 10.9 Å². The predicted molar refractivity (Wildman–Crippen MR) is 89.0 cm³/mol. The molecular formula is C15H26N4OS. The molecule has 6 heteroatoms. The number of nitrogens with two attached hydrogens (primary N) is 1. The summed E-state index contributed by atoms with van der Waals surface area (Å²) in [6.45, 7) is 2.24. The van der Waals surface area contributed by atoms with E-state index < -0.39 is 0 Å². The number of nitrogens with one attached hydrogen (secondary N) is 1. The first kappa shape index (κ1) is 16.1. The first-order valence-corrected chi connectivity index (χ1v) is 8.57. The molecule has 1 saturated carbocycles. The van der Waals surface area contributed by atoms with E-state index in [4.69, 9.17) is 5.73 Å². The Hall–Kier alpha value is -1.30. The van der Waals surface area contributed by atoms with Gasteiger partial charge in [0.2, 0.25) is 0 Å². The van der Waals surface area contributed by atoms with Crippen molar-refractivity contribution >= 4 is 28.2 Å². The van der Waals surface area contributed by atoms with E-state index >= 15 is 0 Å². The summed E-state index contributed by atoms with van der Waals surface area (Å²) in [7, 11) is 3.80. The van der Waals surface area contributed by atoms with Crippen LogP contribution in [0.15, 0.2) is 0 Å². The Labute approximate surface area is 130 Å². The molecule has 0 radical (unpaired) electrons. The largest absolute Gasteiger partial charge is 0.382 e. The minimum Gasteiger partial charge on any atom is -0.382 e. The lowest BCUT2D eigenvalue weighted by atomic mass is 9.83. The number of nitrogen functional groups attached to an aromatic ring is 1. The molecule has 3 N–H and O–H groups in total. The summed E-state index contributed by atoms with van der Waals surface area (Å²) in [6.07, 6.45) is 7.17. The molecule has 0 saturated heterocycles. The van der Waals surface area contributed by atoms with E-state index in [-0.39, 0.29) is 11.9 Å². The molecule has 118 valence electrons. The molecule has 5 nitrogen and oxygen atoms in total. The number of hydrogen-bond donors (Lipinski definition) is 2. The van der Waals surface area contributed by atoms with Crippen molar-refractivity contribution in [2.75, 3.05) is 24.7 Å². The van der Waals surface area contributed by atoms with Crippen LogP contribution >= 0.6 is 11.3 Å². The van der Waals surface area contributed by atoms with Gasteiger partial charge in [0.25, 0.3) is 5.91 Å². The second-order valence-electron chi connectivity index (χ2n) is 6.09. The van der Waals surface area contributed by atoms with E-state index in [0.717, 1.165) is 23.9 Å². The van der Waals surface area contributed by atoms with E-state index in [1.165, 1.54) is 37.0 Å². The van der Waals surface area contributed by atoms with Crippen molar-refractivity contribution in [1.82, 2.24) is 10.3 Å².